The summed E-state index contributed by atoms with van der Waals surface area (Å²) in [5.74, 6) is 5.69. The third-order valence-corrected chi connectivity index (χ3v) is 2.67. The number of hydrogen-bond acceptors (Lipinski definition) is 2. The van der Waals surface area contributed by atoms with E-state index in [0.717, 1.165) is 11.1 Å². The fourth-order valence-corrected chi connectivity index (χ4v) is 1.79. The van der Waals surface area contributed by atoms with Gasteiger partial charge in [-0.25, -0.2) is 0 Å². The minimum Gasteiger partial charge on any atom is -0.508 e. The molecule has 2 rings (SSSR count). The second-order valence-corrected chi connectivity index (χ2v) is 4.41. The first-order valence-corrected chi connectivity index (χ1v) is 6.28. The van der Waals surface area contributed by atoms with E-state index in [9.17, 15) is 9.90 Å². The highest BCUT2D eigenvalue weighted by Gasteiger charge is 2.05. The molecule has 0 bridgehead atoms. The van der Waals surface area contributed by atoms with Gasteiger partial charge in [-0.05, 0) is 42.8 Å². The topological polar surface area (TPSA) is 49.3 Å². The van der Waals surface area contributed by atoms with Crippen LogP contribution in [0.1, 0.15) is 21.5 Å². The maximum absolute atomic E-state index is 11.9. The van der Waals surface area contributed by atoms with Crippen LogP contribution in [0.4, 0.5) is 0 Å². The van der Waals surface area contributed by atoms with E-state index >= 15 is 0 Å². The van der Waals surface area contributed by atoms with Crippen molar-refractivity contribution in [3.63, 3.8) is 0 Å². The Morgan fingerprint density at radius 3 is 2.65 bits per heavy atom. The van der Waals surface area contributed by atoms with Crippen molar-refractivity contribution in [3.8, 4) is 17.6 Å². The van der Waals surface area contributed by atoms with Gasteiger partial charge in [0.15, 0.2) is 0 Å². The van der Waals surface area contributed by atoms with Gasteiger partial charge in [0.1, 0.15) is 5.75 Å². The minimum absolute atomic E-state index is 0.0884. The highest BCUT2D eigenvalue weighted by atomic mass is 16.3. The van der Waals surface area contributed by atoms with E-state index in [2.05, 4.69) is 17.2 Å². The summed E-state index contributed by atoms with van der Waals surface area (Å²) >= 11 is 0. The van der Waals surface area contributed by atoms with Crippen LogP contribution < -0.4 is 5.32 Å². The minimum atomic E-state index is -0.244. The van der Waals surface area contributed by atoms with Crippen LogP contribution in [0.25, 0.3) is 0 Å². The summed E-state index contributed by atoms with van der Waals surface area (Å²) in [6.07, 6.45) is 0. The zero-order chi connectivity index (χ0) is 14.4. The molecular formula is C17H15NO2. The lowest BCUT2D eigenvalue weighted by Crippen LogP contribution is -2.23. The number of phenols is 1. The van der Waals surface area contributed by atoms with E-state index in [1.807, 2.05) is 37.3 Å². The van der Waals surface area contributed by atoms with E-state index in [4.69, 9.17) is 0 Å². The van der Waals surface area contributed by atoms with E-state index in [1.165, 1.54) is 6.07 Å². The lowest BCUT2D eigenvalue weighted by atomic mass is 10.1. The number of rotatable bonds is 2. The highest BCUT2D eigenvalue weighted by molar-refractivity contribution is 5.94. The molecule has 0 heterocycles. The Labute approximate surface area is 118 Å². The van der Waals surface area contributed by atoms with Gasteiger partial charge in [-0.3, -0.25) is 4.79 Å². The molecule has 2 aromatic carbocycles. The molecule has 2 aromatic rings. The monoisotopic (exact) mass is 265 g/mol. The second kappa shape index (κ2) is 6.44. The largest absolute Gasteiger partial charge is 0.508 e. The molecule has 2 N–H and O–H groups in total. The van der Waals surface area contributed by atoms with Crippen molar-refractivity contribution in [1.29, 1.82) is 0 Å². The molecule has 0 saturated carbocycles. The Balaban J connectivity index is 1.94. The molecule has 1 amide bonds. The van der Waals surface area contributed by atoms with Gasteiger partial charge >= 0.3 is 0 Å². The number of aryl methyl sites for hydroxylation is 1. The normalized spacial score (nSPS) is 9.45. The average Bonchev–Trinajstić information content (AvgIpc) is 2.43. The van der Waals surface area contributed by atoms with Crippen LogP contribution in [0.5, 0.6) is 5.75 Å². The Morgan fingerprint density at radius 2 is 1.95 bits per heavy atom. The number of carbonyl (C=O) groups excluding carboxylic acids is 1. The molecular weight excluding hydrogens is 250 g/mol. The molecule has 3 heteroatoms. The number of benzene rings is 2. The highest BCUT2D eigenvalue weighted by Crippen LogP contribution is 2.14. The fraction of sp³-hybridized carbons (Fsp3) is 0.118. The quantitative estimate of drug-likeness (QED) is 0.820. The standard InChI is InChI=1S/C17H15NO2/c1-13-10-15(12-16(19)11-13)17(20)18-9-5-8-14-6-3-2-4-7-14/h2-4,6-7,10-12,19H,9H2,1H3,(H,18,20). The third kappa shape index (κ3) is 3.89. The number of carbonyl (C=O) groups is 1. The van der Waals surface area contributed by atoms with Gasteiger partial charge in [0.05, 0.1) is 6.54 Å². The average molecular weight is 265 g/mol. The van der Waals surface area contributed by atoms with Gasteiger partial charge in [0.2, 0.25) is 0 Å². The van der Waals surface area contributed by atoms with E-state index < -0.39 is 0 Å². The summed E-state index contributed by atoms with van der Waals surface area (Å²) in [4.78, 5) is 11.9. The molecule has 0 unspecified atom stereocenters. The Bertz CT molecular complexity index is 646. The van der Waals surface area contributed by atoms with Crippen LogP contribution in [0.15, 0.2) is 48.5 Å². The fourth-order valence-electron chi connectivity index (χ4n) is 1.79. The smallest absolute Gasteiger partial charge is 0.252 e. The van der Waals surface area contributed by atoms with Crippen LogP contribution >= 0.6 is 0 Å². The number of phenolic OH excluding ortho intramolecular Hbond substituents is 1. The van der Waals surface area contributed by atoms with Crippen molar-refractivity contribution in [2.24, 2.45) is 0 Å². The van der Waals surface area contributed by atoms with Crippen molar-refractivity contribution in [2.45, 2.75) is 6.92 Å². The van der Waals surface area contributed by atoms with Crippen molar-refractivity contribution in [1.82, 2.24) is 5.32 Å². The van der Waals surface area contributed by atoms with E-state index in [0.29, 0.717) is 5.56 Å². The number of amides is 1. The van der Waals surface area contributed by atoms with Gasteiger partial charge in [0.25, 0.3) is 5.91 Å². The molecule has 0 aliphatic rings. The molecule has 0 spiro atoms. The Hall–Kier alpha value is -2.73. The molecule has 0 aromatic heterocycles. The summed E-state index contributed by atoms with van der Waals surface area (Å²) in [6.45, 7) is 2.09. The lowest BCUT2D eigenvalue weighted by Gasteiger charge is -2.03. The summed E-state index contributed by atoms with van der Waals surface area (Å²) in [5.41, 5.74) is 2.18. The predicted octanol–water partition coefficient (Wildman–Crippen LogP) is 2.48. The van der Waals surface area contributed by atoms with E-state index in [-0.39, 0.29) is 18.2 Å². The Morgan fingerprint density at radius 1 is 1.20 bits per heavy atom. The molecule has 100 valence electrons. The first-order valence-electron chi connectivity index (χ1n) is 6.28. The van der Waals surface area contributed by atoms with Gasteiger partial charge < -0.3 is 10.4 Å². The summed E-state index contributed by atoms with van der Waals surface area (Å²) < 4.78 is 0. The maximum Gasteiger partial charge on any atom is 0.252 e. The SMILES string of the molecule is Cc1cc(O)cc(C(=O)NCC#Cc2ccccc2)c1. The first kappa shape index (κ1) is 13.7. The van der Waals surface area contributed by atoms with Gasteiger partial charge in [-0.1, -0.05) is 30.0 Å². The zero-order valence-corrected chi connectivity index (χ0v) is 11.2. The maximum atomic E-state index is 11.9. The Kier molecular flexibility index (Phi) is 4.41. The molecule has 20 heavy (non-hydrogen) atoms. The van der Waals surface area contributed by atoms with Crippen molar-refractivity contribution in [2.75, 3.05) is 6.54 Å². The molecule has 0 aliphatic heterocycles. The predicted molar refractivity (Wildman–Crippen MR) is 78.5 cm³/mol. The number of aromatic hydroxyl groups is 1. The van der Waals surface area contributed by atoms with Gasteiger partial charge in [0, 0.05) is 11.1 Å². The number of hydrogen-bond donors (Lipinski definition) is 2. The van der Waals surface area contributed by atoms with E-state index in [1.54, 1.807) is 12.1 Å². The molecule has 3 nitrogen and oxygen atoms in total. The molecule has 0 radical (unpaired) electrons. The second-order valence-electron chi connectivity index (χ2n) is 4.41. The van der Waals surface area contributed by atoms with Crippen molar-refractivity contribution >= 4 is 5.91 Å². The zero-order valence-electron chi connectivity index (χ0n) is 11.2. The van der Waals surface area contributed by atoms with Gasteiger partial charge in [-0.2, -0.15) is 0 Å². The van der Waals surface area contributed by atoms with Crippen LogP contribution in [0, 0.1) is 18.8 Å². The van der Waals surface area contributed by atoms with Crippen molar-refractivity contribution < 1.29 is 9.90 Å². The summed E-state index contributed by atoms with van der Waals surface area (Å²) in [5, 5.41) is 12.2. The van der Waals surface area contributed by atoms with Crippen LogP contribution in [0.3, 0.4) is 0 Å². The molecule has 0 fully saturated rings. The molecule has 0 atom stereocenters. The van der Waals surface area contributed by atoms with Crippen LogP contribution in [0.2, 0.25) is 0 Å². The number of nitrogens with one attached hydrogen (secondary N) is 1. The first-order chi connectivity index (χ1) is 9.65. The van der Waals surface area contributed by atoms with Crippen LogP contribution in [-0.4, -0.2) is 17.6 Å². The van der Waals surface area contributed by atoms with Gasteiger partial charge in [-0.15, -0.1) is 0 Å². The molecule has 0 aliphatic carbocycles. The lowest BCUT2D eigenvalue weighted by molar-refractivity contribution is 0.0958. The van der Waals surface area contributed by atoms with Crippen LogP contribution in [-0.2, 0) is 0 Å². The summed E-state index contributed by atoms with van der Waals surface area (Å²) in [7, 11) is 0. The molecule has 0 saturated heterocycles. The van der Waals surface area contributed by atoms with Crippen molar-refractivity contribution in [3.05, 3.63) is 65.2 Å². The summed E-state index contributed by atoms with van der Waals surface area (Å²) in [6, 6.07) is 14.3. The third-order valence-electron chi connectivity index (χ3n) is 2.67.